The summed E-state index contributed by atoms with van der Waals surface area (Å²) in [6.45, 7) is 0.268. The van der Waals surface area contributed by atoms with Gasteiger partial charge in [-0.15, -0.1) is 0 Å². The lowest BCUT2D eigenvalue weighted by Crippen LogP contribution is -2.05. The lowest BCUT2D eigenvalue weighted by atomic mass is 10.0. The second-order valence-electron chi connectivity index (χ2n) is 3.58. The maximum atomic E-state index is 13.0. The normalized spacial score (nSPS) is 10.2. The van der Waals surface area contributed by atoms with Gasteiger partial charge in [-0.25, -0.2) is 4.39 Å². The molecule has 2 rings (SSSR count). The Morgan fingerprint density at radius 3 is 2.71 bits per heavy atom. The molecule has 1 aromatic heterocycles. The molecule has 0 amide bonds. The van der Waals surface area contributed by atoms with Crippen molar-refractivity contribution in [2.75, 3.05) is 0 Å². The first-order valence-electron chi connectivity index (χ1n) is 5.16. The summed E-state index contributed by atoms with van der Waals surface area (Å²) in [5.74, 6) is -0.662. The summed E-state index contributed by atoms with van der Waals surface area (Å²) in [6.07, 6.45) is 1.52. The quantitative estimate of drug-likeness (QED) is 0.819. The molecule has 0 unspecified atom stereocenters. The number of hydrogen-bond donors (Lipinski definition) is 1. The van der Waals surface area contributed by atoms with E-state index in [1.54, 1.807) is 18.2 Å². The molecule has 0 bridgehead atoms. The number of nitrogens with two attached hydrogens (primary N) is 1. The highest BCUT2D eigenvalue weighted by Gasteiger charge is 2.10. The van der Waals surface area contributed by atoms with Crippen molar-refractivity contribution in [3.05, 3.63) is 65.2 Å². The number of carbonyl (C=O) groups is 1. The number of nitrogens with zero attached hydrogens (tertiary/aromatic N) is 1. The average molecular weight is 230 g/mol. The number of hydrogen-bond acceptors (Lipinski definition) is 3. The van der Waals surface area contributed by atoms with Crippen molar-refractivity contribution in [1.29, 1.82) is 0 Å². The number of aromatic nitrogens is 1. The first kappa shape index (κ1) is 11.4. The third-order valence-electron chi connectivity index (χ3n) is 2.37. The molecule has 0 aliphatic carbocycles. The zero-order valence-corrected chi connectivity index (χ0v) is 9.06. The molecule has 17 heavy (non-hydrogen) atoms. The molecule has 0 saturated heterocycles. The molecule has 0 atom stereocenters. The fourth-order valence-electron chi connectivity index (χ4n) is 1.53. The van der Waals surface area contributed by atoms with Gasteiger partial charge < -0.3 is 5.73 Å². The average Bonchev–Trinajstić information content (AvgIpc) is 2.38. The molecule has 0 aliphatic heterocycles. The molecule has 0 saturated carbocycles. The van der Waals surface area contributed by atoms with E-state index in [1.165, 1.54) is 24.4 Å². The maximum absolute atomic E-state index is 13.0. The van der Waals surface area contributed by atoms with Crippen molar-refractivity contribution in [2.24, 2.45) is 5.73 Å². The Morgan fingerprint density at radius 2 is 2.00 bits per heavy atom. The van der Waals surface area contributed by atoms with E-state index in [0.717, 1.165) is 0 Å². The zero-order chi connectivity index (χ0) is 12.3. The summed E-state index contributed by atoms with van der Waals surface area (Å²) in [7, 11) is 0. The highest BCUT2D eigenvalue weighted by molar-refractivity contribution is 6.08. The van der Waals surface area contributed by atoms with Crippen LogP contribution in [0.3, 0.4) is 0 Å². The van der Waals surface area contributed by atoms with Gasteiger partial charge >= 0.3 is 0 Å². The summed E-state index contributed by atoms with van der Waals surface area (Å²) in [5, 5.41) is 0. The largest absolute Gasteiger partial charge is 0.325 e. The van der Waals surface area contributed by atoms with Crippen molar-refractivity contribution in [3.8, 4) is 0 Å². The van der Waals surface area contributed by atoms with Crippen LogP contribution in [-0.4, -0.2) is 10.8 Å². The molecule has 3 nitrogen and oxygen atoms in total. The maximum Gasteiger partial charge on any atom is 0.193 e. The Balaban J connectivity index is 2.36. The van der Waals surface area contributed by atoms with E-state index in [2.05, 4.69) is 4.98 Å². The van der Waals surface area contributed by atoms with E-state index in [9.17, 15) is 9.18 Å². The molecule has 1 heterocycles. The van der Waals surface area contributed by atoms with Crippen LogP contribution in [0.25, 0.3) is 0 Å². The third kappa shape index (κ3) is 2.54. The van der Waals surface area contributed by atoms with E-state index in [0.29, 0.717) is 16.8 Å². The first-order chi connectivity index (χ1) is 8.20. The van der Waals surface area contributed by atoms with Gasteiger partial charge in [0, 0.05) is 23.9 Å². The van der Waals surface area contributed by atoms with Crippen LogP contribution in [0, 0.1) is 5.82 Å². The van der Waals surface area contributed by atoms with Crippen LogP contribution < -0.4 is 5.73 Å². The minimum Gasteiger partial charge on any atom is -0.325 e. The van der Waals surface area contributed by atoms with Crippen molar-refractivity contribution in [2.45, 2.75) is 6.54 Å². The Morgan fingerprint density at radius 1 is 1.24 bits per heavy atom. The lowest BCUT2D eigenvalue weighted by Gasteiger charge is -2.02. The molecule has 4 heteroatoms. The van der Waals surface area contributed by atoms with Crippen molar-refractivity contribution in [1.82, 2.24) is 4.98 Å². The molecule has 0 aliphatic rings. The predicted octanol–water partition coefficient (Wildman–Crippen LogP) is 1.91. The molecular formula is C13H11FN2O. The van der Waals surface area contributed by atoms with Crippen LogP contribution in [0.4, 0.5) is 4.39 Å². The van der Waals surface area contributed by atoms with Gasteiger partial charge in [0.1, 0.15) is 5.82 Å². The van der Waals surface area contributed by atoms with E-state index in [4.69, 9.17) is 5.73 Å². The van der Waals surface area contributed by atoms with Crippen LogP contribution >= 0.6 is 0 Å². The molecule has 1 aromatic carbocycles. The molecular weight excluding hydrogens is 219 g/mol. The second kappa shape index (κ2) is 4.84. The van der Waals surface area contributed by atoms with Gasteiger partial charge in [-0.1, -0.05) is 12.1 Å². The van der Waals surface area contributed by atoms with E-state index < -0.39 is 5.82 Å². The Kier molecular flexibility index (Phi) is 3.25. The summed E-state index contributed by atoms with van der Waals surface area (Å²) in [5.41, 5.74) is 6.86. The number of pyridine rings is 1. The van der Waals surface area contributed by atoms with Crippen LogP contribution in [0.1, 0.15) is 21.6 Å². The van der Waals surface area contributed by atoms with Gasteiger partial charge in [0.15, 0.2) is 5.78 Å². The first-order valence-corrected chi connectivity index (χ1v) is 5.16. The minimum atomic E-state index is -0.427. The smallest absolute Gasteiger partial charge is 0.193 e. The van der Waals surface area contributed by atoms with Crippen LogP contribution in [0.5, 0.6) is 0 Å². The number of halogens is 1. The molecule has 0 fully saturated rings. The van der Waals surface area contributed by atoms with Crippen LogP contribution in [0.2, 0.25) is 0 Å². The topological polar surface area (TPSA) is 56.0 Å². The SMILES string of the molecule is NCc1cc(C(=O)c2cccc(F)c2)ccn1. The summed E-state index contributed by atoms with van der Waals surface area (Å²) < 4.78 is 13.0. The monoisotopic (exact) mass is 230 g/mol. The second-order valence-corrected chi connectivity index (χ2v) is 3.58. The van der Waals surface area contributed by atoms with Gasteiger partial charge in [0.25, 0.3) is 0 Å². The van der Waals surface area contributed by atoms with Crippen LogP contribution in [0.15, 0.2) is 42.6 Å². The van der Waals surface area contributed by atoms with E-state index in [-0.39, 0.29) is 12.3 Å². The van der Waals surface area contributed by atoms with Crippen LogP contribution in [-0.2, 0) is 6.54 Å². The third-order valence-corrected chi connectivity index (χ3v) is 2.37. The summed E-state index contributed by atoms with van der Waals surface area (Å²) >= 11 is 0. The molecule has 0 radical (unpaired) electrons. The molecule has 2 aromatic rings. The molecule has 0 spiro atoms. The fourth-order valence-corrected chi connectivity index (χ4v) is 1.53. The Bertz CT molecular complexity index is 555. The number of ketones is 1. The van der Waals surface area contributed by atoms with E-state index in [1.807, 2.05) is 0 Å². The highest BCUT2D eigenvalue weighted by Crippen LogP contribution is 2.11. The highest BCUT2D eigenvalue weighted by atomic mass is 19.1. The number of carbonyl (C=O) groups excluding carboxylic acids is 1. The predicted molar refractivity (Wildman–Crippen MR) is 62.0 cm³/mol. The standard InChI is InChI=1S/C13H11FN2O/c14-11-3-1-2-9(6-11)13(17)10-4-5-16-12(7-10)8-15/h1-7H,8,15H2. The molecule has 86 valence electrons. The van der Waals surface area contributed by atoms with Gasteiger partial charge in [-0.05, 0) is 24.3 Å². The van der Waals surface area contributed by atoms with Crippen molar-refractivity contribution in [3.63, 3.8) is 0 Å². The fraction of sp³-hybridized carbons (Fsp3) is 0.0769. The minimum absolute atomic E-state index is 0.235. The van der Waals surface area contributed by atoms with Gasteiger partial charge in [-0.2, -0.15) is 0 Å². The Hall–Kier alpha value is -2.07. The summed E-state index contributed by atoms with van der Waals surface area (Å²) in [4.78, 5) is 16.0. The van der Waals surface area contributed by atoms with Crippen molar-refractivity contribution < 1.29 is 9.18 Å². The summed E-state index contributed by atoms with van der Waals surface area (Å²) in [6, 6.07) is 8.81. The van der Waals surface area contributed by atoms with E-state index >= 15 is 0 Å². The number of benzene rings is 1. The van der Waals surface area contributed by atoms with Gasteiger partial charge in [0.2, 0.25) is 0 Å². The number of rotatable bonds is 3. The lowest BCUT2D eigenvalue weighted by molar-refractivity contribution is 0.103. The van der Waals surface area contributed by atoms with Crippen molar-refractivity contribution >= 4 is 5.78 Å². The van der Waals surface area contributed by atoms with Gasteiger partial charge in [-0.3, -0.25) is 9.78 Å². The molecule has 2 N–H and O–H groups in total. The van der Waals surface area contributed by atoms with Gasteiger partial charge in [0.05, 0.1) is 5.69 Å². The Labute approximate surface area is 98.1 Å². The zero-order valence-electron chi connectivity index (χ0n) is 9.06.